The lowest BCUT2D eigenvalue weighted by Crippen LogP contribution is -2.24. The fourth-order valence-corrected chi connectivity index (χ4v) is 2.33. The molecule has 7 nitrogen and oxygen atoms in total. The van der Waals surface area contributed by atoms with Gasteiger partial charge in [0.2, 0.25) is 0 Å². The number of amides is 1. The Morgan fingerprint density at radius 2 is 2.15 bits per heavy atom. The van der Waals surface area contributed by atoms with E-state index in [-0.39, 0.29) is 11.5 Å². The Morgan fingerprint density at radius 3 is 2.65 bits per heavy atom. The van der Waals surface area contributed by atoms with Crippen LogP contribution in [-0.4, -0.2) is 31.7 Å². The summed E-state index contributed by atoms with van der Waals surface area (Å²) in [5.74, 6) is -1.37. The number of carbonyl (C=O) groups excluding carboxylic acids is 1. The van der Waals surface area contributed by atoms with Crippen LogP contribution in [0.5, 0.6) is 0 Å². The lowest BCUT2D eigenvalue weighted by atomic mass is 10.3. The van der Waals surface area contributed by atoms with Gasteiger partial charge in [-0.05, 0) is 20.8 Å². The number of aromatic nitrogens is 3. The molecule has 1 amide bonds. The molecule has 106 valence electrons. The van der Waals surface area contributed by atoms with Crippen LogP contribution in [0.2, 0.25) is 0 Å². The fourth-order valence-electron chi connectivity index (χ4n) is 1.52. The van der Waals surface area contributed by atoms with Gasteiger partial charge in [0.25, 0.3) is 5.91 Å². The molecule has 0 aliphatic rings. The minimum atomic E-state index is -1.07. The molecule has 0 saturated heterocycles. The molecule has 0 fully saturated rings. The predicted molar refractivity (Wildman–Crippen MR) is 74.1 cm³/mol. The van der Waals surface area contributed by atoms with Crippen molar-refractivity contribution in [3.8, 4) is 0 Å². The summed E-state index contributed by atoms with van der Waals surface area (Å²) in [6, 6.07) is -0.618. The Bertz CT molecular complexity index is 642. The summed E-state index contributed by atoms with van der Waals surface area (Å²) in [4.78, 5) is 28.1. The predicted octanol–water partition coefficient (Wildman–Crippen LogP) is 1.85. The van der Waals surface area contributed by atoms with E-state index in [2.05, 4.69) is 15.4 Å². The number of hydrogen-bond donors (Lipinski definition) is 2. The number of nitrogens with one attached hydrogen (secondary N) is 1. The van der Waals surface area contributed by atoms with Crippen molar-refractivity contribution in [3.05, 3.63) is 28.5 Å². The van der Waals surface area contributed by atoms with Crippen LogP contribution in [0, 0.1) is 13.8 Å². The van der Waals surface area contributed by atoms with Gasteiger partial charge in [-0.3, -0.25) is 9.48 Å². The molecule has 2 aromatic rings. The number of rotatable bonds is 4. The lowest BCUT2D eigenvalue weighted by molar-refractivity contribution is -0.119. The van der Waals surface area contributed by atoms with Crippen LogP contribution < -0.4 is 5.32 Å². The number of nitrogens with zero attached hydrogens (tertiary/aromatic N) is 3. The molecule has 0 spiro atoms. The highest BCUT2D eigenvalue weighted by Gasteiger charge is 2.19. The van der Waals surface area contributed by atoms with Gasteiger partial charge in [-0.15, -0.1) is 11.3 Å². The monoisotopic (exact) mass is 294 g/mol. The number of hydrogen-bond acceptors (Lipinski definition) is 5. The normalized spacial score (nSPS) is 12.2. The average molecular weight is 294 g/mol. The number of thiazole rings is 1. The lowest BCUT2D eigenvalue weighted by Gasteiger charge is -2.10. The molecular formula is C12H14N4O3S. The Morgan fingerprint density at radius 1 is 1.45 bits per heavy atom. The number of carboxylic acid groups (broad SMARTS) is 1. The van der Waals surface area contributed by atoms with Crippen LogP contribution in [0.1, 0.15) is 33.9 Å². The van der Waals surface area contributed by atoms with Gasteiger partial charge in [-0.1, -0.05) is 0 Å². The van der Waals surface area contributed by atoms with Crippen molar-refractivity contribution in [1.29, 1.82) is 0 Å². The quantitative estimate of drug-likeness (QED) is 0.897. The topological polar surface area (TPSA) is 97.1 Å². The van der Waals surface area contributed by atoms with Crippen molar-refractivity contribution in [2.75, 3.05) is 5.32 Å². The van der Waals surface area contributed by atoms with Gasteiger partial charge in [0.05, 0.1) is 17.5 Å². The van der Waals surface area contributed by atoms with E-state index < -0.39 is 12.0 Å². The highest BCUT2D eigenvalue weighted by atomic mass is 32.1. The first-order chi connectivity index (χ1) is 9.38. The summed E-state index contributed by atoms with van der Waals surface area (Å²) < 4.78 is 1.31. The van der Waals surface area contributed by atoms with E-state index in [0.717, 1.165) is 10.6 Å². The Labute approximate surface area is 119 Å². The van der Waals surface area contributed by atoms with Crippen molar-refractivity contribution in [2.45, 2.75) is 26.8 Å². The second-order valence-corrected chi connectivity index (χ2v) is 5.54. The number of aromatic carboxylic acids is 1. The molecule has 1 unspecified atom stereocenters. The first-order valence-electron chi connectivity index (χ1n) is 5.91. The Hall–Kier alpha value is -2.22. The highest BCUT2D eigenvalue weighted by Crippen LogP contribution is 2.22. The molecule has 0 bridgehead atoms. The standard InChI is InChI=1S/C12H14N4O3S/c1-6-8(3)20-12(14-6)15-10(17)7(2)16-5-9(4-13-16)11(18)19/h4-5,7H,1-3H3,(H,18,19)(H,14,15,17). The highest BCUT2D eigenvalue weighted by molar-refractivity contribution is 7.15. The van der Waals surface area contributed by atoms with Crippen LogP contribution in [0.25, 0.3) is 0 Å². The molecule has 0 aliphatic carbocycles. The molecule has 20 heavy (non-hydrogen) atoms. The Kier molecular flexibility index (Phi) is 3.84. The van der Waals surface area contributed by atoms with Crippen LogP contribution in [-0.2, 0) is 4.79 Å². The Balaban J connectivity index is 2.09. The third kappa shape index (κ3) is 2.85. The summed E-state index contributed by atoms with van der Waals surface area (Å²) >= 11 is 1.40. The maximum absolute atomic E-state index is 12.1. The summed E-state index contributed by atoms with van der Waals surface area (Å²) in [5.41, 5.74) is 0.927. The van der Waals surface area contributed by atoms with Crippen LogP contribution in [0.15, 0.2) is 12.4 Å². The molecule has 2 heterocycles. The number of aryl methyl sites for hydroxylation is 2. The van der Waals surface area contributed by atoms with E-state index >= 15 is 0 Å². The second kappa shape index (κ2) is 5.41. The minimum Gasteiger partial charge on any atom is -0.478 e. The largest absolute Gasteiger partial charge is 0.478 e. The number of anilines is 1. The van der Waals surface area contributed by atoms with Gasteiger partial charge >= 0.3 is 5.97 Å². The van der Waals surface area contributed by atoms with Crippen molar-refractivity contribution in [1.82, 2.24) is 14.8 Å². The van der Waals surface area contributed by atoms with Crippen LogP contribution in [0.4, 0.5) is 5.13 Å². The summed E-state index contributed by atoms with van der Waals surface area (Å²) in [7, 11) is 0. The van der Waals surface area contributed by atoms with Gasteiger partial charge in [0.1, 0.15) is 6.04 Å². The summed E-state index contributed by atoms with van der Waals surface area (Å²) in [6.45, 7) is 5.44. The molecular weight excluding hydrogens is 280 g/mol. The van der Waals surface area contributed by atoms with Crippen molar-refractivity contribution in [2.24, 2.45) is 0 Å². The fraction of sp³-hybridized carbons (Fsp3) is 0.333. The van der Waals surface area contributed by atoms with E-state index in [1.54, 1.807) is 6.92 Å². The zero-order chi connectivity index (χ0) is 14.9. The molecule has 0 saturated carbocycles. The van der Waals surface area contributed by atoms with Gasteiger partial charge in [0, 0.05) is 11.1 Å². The maximum Gasteiger partial charge on any atom is 0.338 e. The zero-order valence-electron chi connectivity index (χ0n) is 11.2. The minimum absolute atomic E-state index is 0.0468. The molecule has 2 rings (SSSR count). The zero-order valence-corrected chi connectivity index (χ0v) is 12.1. The third-order valence-corrected chi connectivity index (χ3v) is 3.87. The summed E-state index contributed by atoms with van der Waals surface area (Å²) in [5, 5.41) is 15.9. The van der Waals surface area contributed by atoms with Crippen LogP contribution >= 0.6 is 11.3 Å². The van der Waals surface area contributed by atoms with Gasteiger partial charge in [-0.25, -0.2) is 9.78 Å². The SMILES string of the molecule is Cc1nc(NC(=O)C(C)n2cc(C(=O)O)cn2)sc1C. The number of carbonyl (C=O) groups is 2. The molecule has 2 N–H and O–H groups in total. The van der Waals surface area contributed by atoms with Gasteiger partial charge in [0.15, 0.2) is 5.13 Å². The molecule has 2 aromatic heterocycles. The van der Waals surface area contributed by atoms with E-state index in [0.29, 0.717) is 5.13 Å². The smallest absolute Gasteiger partial charge is 0.338 e. The van der Waals surface area contributed by atoms with E-state index in [4.69, 9.17) is 5.11 Å². The van der Waals surface area contributed by atoms with E-state index in [1.165, 1.54) is 28.4 Å². The van der Waals surface area contributed by atoms with E-state index in [1.807, 2.05) is 13.8 Å². The molecule has 1 atom stereocenters. The first kappa shape index (κ1) is 14.2. The molecule has 0 aliphatic heterocycles. The average Bonchev–Trinajstić information content (AvgIpc) is 2.96. The molecule has 8 heteroatoms. The first-order valence-corrected chi connectivity index (χ1v) is 6.72. The third-order valence-electron chi connectivity index (χ3n) is 2.88. The van der Waals surface area contributed by atoms with Crippen molar-refractivity contribution < 1.29 is 14.7 Å². The van der Waals surface area contributed by atoms with Gasteiger partial charge < -0.3 is 10.4 Å². The van der Waals surface area contributed by atoms with E-state index in [9.17, 15) is 9.59 Å². The maximum atomic E-state index is 12.1. The number of carboxylic acids is 1. The molecule has 0 aromatic carbocycles. The summed E-state index contributed by atoms with van der Waals surface area (Å²) in [6.07, 6.45) is 2.54. The van der Waals surface area contributed by atoms with Crippen LogP contribution in [0.3, 0.4) is 0 Å². The van der Waals surface area contributed by atoms with Crippen molar-refractivity contribution in [3.63, 3.8) is 0 Å². The van der Waals surface area contributed by atoms with Crippen molar-refractivity contribution >= 4 is 28.3 Å². The van der Waals surface area contributed by atoms with Gasteiger partial charge in [-0.2, -0.15) is 5.10 Å². The molecule has 0 radical (unpaired) electrons. The second-order valence-electron chi connectivity index (χ2n) is 4.34.